The summed E-state index contributed by atoms with van der Waals surface area (Å²) in [7, 11) is 0. The maximum absolute atomic E-state index is 4.38. The molecule has 1 heterocycles. The van der Waals surface area contributed by atoms with Gasteiger partial charge in [-0.25, -0.2) is 4.98 Å². The van der Waals surface area contributed by atoms with Crippen molar-refractivity contribution in [2.24, 2.45) is 0 Å². The minimum absolute atomic E-state index is 0.826. The zero-order valence-corrected chi connectivity index (χ0v) is 12.5. The largest absolute Gasteiger partial charge is 0.380 e. The van der Waals surface area contributed by atoms with Crippen LogP contribution in [0, 0.1) is 20.8 Å². The molecule has 0 radical (unpaired) electrons. The topological polar surface area (TPSA) is 24.9 Å². The van der Waals surface area contributed by atoms with Crippen LogP contribution in [-0.2, 0) is 6.54 Å². The standard InChI is InChI=1S/C15H17BrN2/c1-10-6-11(2)8-13(7-10)9-17-14-4-5-15(16)18-12(14)3/h4-8,17H,9H2,1-3H3. The summed E-state index contributed by atoms with van der Waals surface area (Å²) in [4.78, 5) is 4.38. The minimum atomic E-state index is 0.826. The van der Waals surface area contributed by atoms with Crippen LogP contribution in [-0.4, -0.2) is 4.98 Å². The Bertz CT molecular complexity index is 544. The van der Waals surface area contributed by atoms with Crippen LogP contribution in [0.15, 0.2) is 34.9 Å². The van der Waals surface area contributed by atoms with Crippen LogP contribution in [0.1, 0.15) is 22.4 Å². The molecule has 0 spiro atoms. The molecule has 0 aliphatic heterocycles. The lowest BCUT2D eigenvalue weighted by Gasteiger charge is -2.10. The molecule has 1 aromatic carbocycles. The summed E-state index contributed by atoms with van der Waals surface area (Å²) in [5, 5.41) is 3.43. The summed E-state index contributed by atoms with van der Waals surface area (Å²) in [6.07, 6.45) is 0. The molecule has 1 N–H and O–H groups in total. The predicted molar refractivity (Wildman–Crippen MR) is 79.9 cm³/mol. The van der Waals surface area contributed by atoms with Gasteiger partial charge in [0.05, 0.1) is 11.4 Å². The van der Waals surface area contributed by atoms with Crippen molar-refractivity contribution in [3.63, 3.8) is 0 Å². The number of pyridine rings is 1. The highest BCUT2D eigenvalue weighted by Gasteiger charge is 2.01. The zero-order valence-electron chi connectivity index (χ0n) is 10.9. The number of aromatic nitrogens is 1. The Morgan fingerprint density at radius 3 is 2.33 bits per heavy atom. The Kier molecular flexibility index (Phi) is 4.02. The van der Waals surface area contributed by atoms with E-state index in [-0.39, 0.29) is 0 Å². The maximum atomic E-state index is 4.38. The molecule has 18 heavy (non-hydrogen) atoms. The Morgan fingerprint density at radius 1 is 1.06 bits per heavy atom. The number of benzene rings is 1. The van der Waals surface area contributed by atoms with E-state index < -0.39 is 0 Å². The van der Waals surface area contributed by atoms with Crippen molar-refractivity contribution in [1.82, 2.24) is 4.98 Å². The Labute approximate surface area is 117 Å². The van der Waals surface area contributed by atoms with E-state index in [0.717, 1.165) is 22.5 Å². The second-order valence-corrected chi connectivity index (χ2v) is 5.43. The molecule has 0 fully saturated rings. The molecule has 0 bridgehead atoms. The molecule has 2 aromatic rings. The Balaban J connectivity index is 2.11. The van der Waals surface area contributed by atoms with E-state index in [1.54, 1.807) is 0 Å². The van der Waals surface area contributed by atoms with E-state index in [4.69, 9.17) is 0 Å². The molecule has 1 aromatic heterocycles. The van der Waals surface area contributed by atoms with Crippen molar-refractivity contribution in [3.05, 3.63) is 57.3 Å². The van der Waals surface area contributed by atoms with Gasteiger partial charge in [-0.2, -0.15) is 0 Å². The van der Waals surface area contributed by atoms with E-state index in [2.05, 4.69) is 64.3 Å². The fourth-order valence-electron chi connectivity index (χ4n) is 2.09. The molecule has 0 unspecified atom stereocenters. The molecule has 2 rings (SSSR count). The van der Waals surface area contributed by atoms with Crippen molar-refractivity contribution in [2.45, 2.75) is 27.3 Å². The van der Waals surface area contributed by atoms with Gasteiger partial charge in [-0.15, -0.1) is 0 Å². The highest BCUT2D eigenvalue weighted by molar-refractivity contribution is 9.10. The normalized spacial score (nSPS) is 10.4. The minimum Gasteiger partial charge on any atom is -0.380 e. The zero-order chi connectivity index (χ0) is 13.1. The van der Waals surface area contributed by atoms with E-state index in [0.29, 0.717) is 0 Å². The van der Waals surface area contributed by atoms with Gasteiger partial charge in [0.2, 0.25) is 0 Å². The fraction of sp³-hybridized carbons (Fsp3) is 0.267. The Morgan fingerprint density at radius 2 is 1.72 bits per heavy atom. The third-order valence-corrected chi connectivity index (χ3v) is 3.26. The lowest BCUT2D eigenvalue weighted by atomic mass is 10.1. The van der Waals surface area contributed by atoms with Crippen LogP contribution in [0.4, 0.5) is 5.69 Å². The summed E-state index contributed by atoms with van der Waals surface area (Å²) >= 11 is 3.37. The van der Waals surface area contributed by atoms with Crippen LogP contribution in [0.2, 0.25) is 0 Å². The van der Waals surface area contributed by atoms with Gasteiger partial charge in [0, 0.05) is 6.54 Å². The number of hydrogen-bond acceptors (Lipinski definition) is 2. The molecule has 0 saturated carbocycles. The number of nitrogens with zero attached hydrogens (tertiary/aromatic N) is 1. The number of anilines is 1. The number of nitrogens with one attached hydrogen (secondary N) is 1. The van der Waals surface area contributed by atoms with Crippen LogP contribution >= 0.6 is 15.9 Å². The number of aryl methyl sites for hydroxylation is 3. The van der Waals surface area contributed by atoms with E-state index in [9.17, 15) is 0 Å². The van der Waals surface area contributed by atoms with Crippen molar-refractivity contribution >= 4 is 21.6 Å². The highest BCUT2D eigenvalue weighted by Crippen LogP contribution is 2.17. The maximum Gasteiger partial charge on any atom is 0.106 e. The van der Waals surface area contributed by atoms with E-state index in [1.807, 2.05) is 13.0 Å². The van der Waals surface area contributed by atoms with Crippen molar-refractivity contribution in [1.29, 1.82) is 0 Å². The van der Waals surface area contributed by atoms with Gasteiger partial charge in [0.15, 0.2) is 0 Å². The van der Waals surface area contributed by atoms with Crippen LogP contribution in [0.3, 0.4) is 0 Å². The first-order valence-electron chi connectivity index (χ1n) is 5.99. The van der Waals surface area contributed by atoms with Gasteiger partial charge < -0.3 is 5.32 Å². The SMILES string of the molecule is Cc1cc(C)cc(CNc2ccc(Br)nc2C)c1. The Hall–Kier alpha value is -1.35. The van der Waals surface area contributed by atoms with E-state index >= 15 is 0 Å². The van der Waals surface area contributed by atoms with Crippen molar-refractivity contribution < 1.29 is 0 Å². The van der Waals surface area contributed by atoms with Gasteiger partial charge in [-0.05, 0) is 54.4 Å². The summed E-state index contributed by atoms with van der Waals surface area (Å²) in [6.45, 7) is 7.09. The number of hydrogen-bond donors (Lipinski definition) is 1. The van der Waals surface area contributed by atoms with Gasteiger partial charge in [0.25, 0.3) is 0 Å². The highest BCUT2D eigenvalue weighted by atomic mass is 79.9. The molecular weight excluding hydrogens is 288 g/mol. The molecule has 2 nitrogen and oxygen atoms in total. The fourth-order valence-corrected chi connectivity index (χ4v) is 2.48. The average Bonchev–Trinajstić information content (AvgIpc) is 2.26. The van der Waals surface area contributed by atoms with Crippen LogP contribution < -0.4 is 5.32 Å². The first-order chi connectivity index (χ1) is 8.54. The lowest BCUT2D eigenvalue weighted by molar-refractivity contribution is 1.09. The van der Waals surface area contributed by atoms with Crippen LogP contribution in [0.5, 0.6) is 0 Å². The lowest BCUT2D eigenvalue weighted by Crippen LogP contribution is -2.02. The molecular formula is C15H17BrN2. The van der Waals surface area contributed by atoms with Gasteiger partial charge in [0.1, 0.15) is 4.60 Å². The molecule has 0 atom stereocenters. The second-order valence-electron chi connectivity index (χ2n) is 4.62. The van der Waals surface area contributed by atoms with Crippen LogP contribution in [0.25, 0.3) is 0 Å². The third kappa shape index (κ3) is 3.33. The first-order valence-corrected chi connectivity index (χ1v) is 6.78. The third-order valence-electron chi connectivity index (χ3n) is 2.82. The van der Waals surface area contributed by atoms with Gasteiger partial charge >= 0.3 is 0 Å². The summed E-state index contributed by atoms with van der Waals surface area (Å²) in [6, 6.07) is 10.6. The van der Waals surface area contributed by atoms with Crippen molar-refractivity contribution in [2.75, 3.05) is 5.32 Å². The first kappa shape index (κ1) is 13.1. The smallest absolute Gasteiger partial charge is 0.106 e. The predicted octanol–water partition coefficient (Wildman–Crippen LogP) is 4.38. The summed E-state index contributed by atoms with van der Waals surface area (Å²) < 4.78 is 0.872. The molecule has 0 aliphatic carbocycles. The molecule has 0 saturated heterocycles. The van der Waals surface area contributed by atoms with Gasteiger partial charge in [-0.3, -0.25) is 0 Å². The number of halogens is 1. The molecule has 94 valence electrons. The molecule has 0 amide bonds. The van der Waals surface area contributed by atoms with Gasteiger partial charge in [-0.1, -0.05) is 29.3 Å². The molecule has 0 aliphatic rings. The monoisotopic (exact) mass is 304 g/mol. The average molecular weight is 305 g/mol. The van der Waals surface area contributed by atoms with E-state index in [1.165, 1.54) is 16.7 Å². The summed E-state index contributed by atoms with van der Waals surface area (Å²) in [5.41, 5.74) is 6.00. The quantitative estimate of drug-likeness (QED) is 0.851. The second kappa shape index (κ2) is 5.53. The molecule has 3 heteroatoms. The number of rotatable bonds is 3. The summed E-state index contributed by atoms with van der Waals surface area (Å²) in [5.74, 6) is 0. The van der Waals surface area contributed by atoms with Crippen molar-refractivity contribution in [3.8, 4) is 0 Å².